The summed E-state index contributed by atoms with van der Waals surface area (Å²) in [5, 5.41) is 0. The second kappa shape index (κ2) is 8.08. The molecule has 7 nitrogen and oxygen atoms in total. The Kier molecular flexibility index (Phi) is 5.83. The van der Waals surface area contributed by atoms with Crippen LogP contribution in [0, 0.1) is 23.7 Å². The Hall–Kier alpha value is -1.76. The SMILES string of the molecule is CC(C)C(=O)OCCCC(=O)OCC1C2CCC3=C(CCC21)NNN3. The molecule has 2 aliphatic carbocycles. The molecule has 3 aliphatic rings. The van der Waals surface area contributed by atoms with Crippen LogP contribution in [0.5, 0.6) is 0 Å². The number of esters is 2. The number of hydrazine groups is 2. The topological polar surface area (TPSA) is 88.7 Å². The Morgan fingerprint density at radius 3 is 2.32 bits per heavy atom. The second-order valence-corrected chi connectivity index (χ2v) is 7.51. The third-order valence-corrected chi connectivity index (χ3v) is 5.43. The van der Waals surface area contributed by atoms with Crippen molar-refractivity contribution in [3.63, 3.8) is 0 Å². The van der Waals surface area contributed by atoms with Crippen molar-refractivity contribution in [1.82, 2.24) is 16.4 Å². The summed E-state index contributed by atoms with van der Waals surface area (Å²) in [6.07, 6.45) is 5.21. The van der Waals surface area contributed by atoms with Crippen LogP contribution in [0.2, 0.25) is 0 Å². The molecule has 0 spiro atoms. The Bertz CT molecular complexity index is 522. The first-order valence-corrected chi connectivity index (χ1v) is 9.37. The molecule has 1 aliphatic heterocycles. The van der Waals surface area contributed by atoms with E-state index in [-0.39, 0.29) is 24.5 Å². The third kappa shape index (κ3) is 4.66. The maximum Gasteiger partial charge on any atom is 0.308 e. The number of rotatable bonds is 7. The van der Waals surface area contributed by atoms with Gasteiger partial charge in [0.2, 0.25) is 0 Å². The highest BCUT2D eigenvalue weighted by Crippen LogP contribution is 2.53. The zero-order chi connectivity index (χ0) is 17.8. The van der Waals surface area contributed by atoms with Gasteiger partial charge in [-0.15, -0.1) is 0 Å². The zero-order valence-corrected chi connectivity index (χ0v) is 15.1. The highest BCUT2D eigenvalue weighted by molar-refractivity contribution is 5.71. The van der Waals surface area contributed by atoms with E-state index in [1.54, 1.807) is 13.8 Å². The van der Waals surface area contributed by atoms with Crippen LogP contribution < -0.4 is 16.4 Å². The van der Waals surface area contributed by atoms with E-state index in [4.69, 9.17) is 9.47 Å². The highest BCUT2D eigenvalue weighted by atomic mass is 16.5. The van der Waals surface area contributed by atoms with Crippen LogP contribution in [0.15, 0.2) is 11.4 Å². The molecule has 25 heavy (non-hydrogen) atoms. The van der Waals surface area contributed by atoms with Gasteiger partial charge in [-0.1, -0.05) is 13.8 Å². The predicted molar refractivity (Wildman–Crippen MR) is 91.4 cm³/mol. The third-order valence-electron chi connectivity index (χ3n) is 5.43. The summed E-state index contributed by atoms with van der Waals surface area (Å²) in [7, 11) is 0. The van der Waals surface area contributed by atoms with E-state index in [1.165, 1.54) is 11.4 Å². The van der Waals surface area contributed by atoms with E-state index in [9.17, 15) is 9.59 Å². The Morgan fingerprint density at radius 2 is 1.72 bits per heavy atom. The van der Waals surface area contributed by atoms with E-state index in [1.807, 2.05) is 0 Å². The summed E-state index contributed by atoms with van der Waals surface area (Å²) in [4.78, 5) is 23.2. The Morgan fingerprint density at radius 1 is 1.08 bits per heavy atom. The molecule has 0 radical (unpaired) electrons. The molecule has 140 valence electrons. The van der Waals surface area contributed by atoms with Crippen LogP contribution in [0.4, 0.5) is 0 Å². The predicted octanol–water partition coefficient (Wildman–Crippen LogP) is 1.77. The van der Waals surface area contributed by atoms with Crippen LogP contribution in [0.3, 0.4) is 0 Å². The number of hydrogen-bond acceptors (Lipinski definition) is 7. The molecular formula is C18H29N3O4. The summed E-state index contributed by atoms with van der Waals surface area (Å²) in [5.74, 6) is 1.33. The molecule has 1 saturated carbocycles. The Labute approximate surface area is 148 Å². The molecule has 0 saturated heterocycles. The van der Waals surface area contributed by atoms with Crippen LogP contribution in [0.1, 0.15) is 52.4 Å². The summed E-state index contributed by atoms with van der Waals surface area (Å²) in [6.45, 7) is 4.40. The average Bonchev–Trinajstić information content (AvgIpc) is 3.02. The lowest BCUT2D eigenvalue weighted by atomic mass is 10.0. The van der Waals surface area contributed by atoms with E-state index in [0.29, 0.717) is 37.2 Å². The van der Waals surface area contributed by atoms with Crippen LogP contribution >= 0.6 is 0 Å². The van der Waals surface area contributed by atoms with Gasteiger partial charge < -0.3 is 20.3 Å². The number of fused-ring (bicyclic) bond motifs is 1. The standard InChI is InChI=1S/C18H29N3O4/c1-11(2)18(23)24-9-3-4-17(22)25-10-14-12-5-7-15-16(20-21-19-15)8-6-13(12)14/h11-14,19-21H,3-10H2,1-2H3. The lowest BCUT2D eigenvalue weighted by Gasteiger charge is -2.08. The van der Waals surface area contributed by atoms with Crippen molar-refractivity contribution in [1.29, 1.82) is 0 Å². The normalized spacial score (nSPS) is 27.4. The van der Waals surface area contributed by atoms with E-state index >= 15 is 0 Å². The van der Waals surface area contributed by atoms with E-state index in [2.05, 4.69) is 16.4 Å². The largest absolute Gasteiger partial charge is 0.465 e. The molecule has 0 aromatic heterocycles. The van der Waals surface area contributed by atoms with Crippen molar-refractivity contribution in [2.45, 2.75) is 52.4 Å². The van der Waals surface area contributed by atoms with Crippen molar-refractivity contribution in [2.75, 3.05) is 13.2 Å². The number of carbonyl (C=O) groups excluding carboxylic acids is 2. The lowest BCUT2D eigenvalue weighted by molar-refractivity contribution is -0.150. The van der Waals surface area contributed by atoms with E-state index in [0.717, 1.165) is 25.7 Å². The Balaban J connectivity index is 1.30. The first-order chi connectivity index (χ1) is 12.1. The molecule has 1 fully saturated rings. The summed E-state index contributed by atoms with van der Waals surface area (Å²) < 4.78 is 10.5. The van der Waals surface area contributed by atoms with E-state index < -0.39 is 0 Å². The van der Waals surface area contributed by atoms with Crippen LogP contribution in [-0.2, 0) is 19.1 Å². The van der Waals surface area contributed by atoms with Gasteiger partial charge in [-0.05, 0) is 49.9 Å². The summed E-state index contributed by atoms with van der Waals surface area (Å²) in [6, 6.07) is 0. The summed E-state index contributed by atoms with van der Waals surface area (Å²) >= 11 is 0. The fourth-order valence-electron chi connectivity index (χ4n) is 3.83. The highest BCUT2D eigenvalue weighted by Gasteiger charge is 2.50. The van der Waals surface area contributed by atoms with Crippen molar-refractivity contribution in [3.05, 3.63) is 11.4 Å². The monoisotopic (exact) mass is 351 g/mol. The molecule has 0 aromatic rings. The minimum absolute atomic E-state index is 0.129. The van der Waals surface area contributed by atoms with Gasteiger partial charge in [0.1, 0.15) is 0 Å². The van der Waals surface area contributed by atoms with Crippen LogP contribution in [0.25, 0.3) is 0 Å². The molecule has 0 amide bonds. The molecule has 0 bridgehead atoms. The van der Waals surface area contributed by atoms with Crippen LogP contribution in [-0.4, -0.2) is 25.2 Å². The minimum Gasteiger partial charge on any atom is -0.465 e. The number of allylic oxidation sites excluding steroid dienone is 2. The van der Waals surface area contributed by atoms with Gasteiger partial charge in [0.15, 0.2) is 0 Å². The fourth-order valence-corrected chi connectivity index (χ4v) is 3.83. The molecule has 1 heterocycles. The van der Waals surface area contributed by atoms with Crippen molar-refractivity contribution in [2.24, 2.45) is 23.7 Å². The molecule has 3 N–H and O–H groups in total. The number of carbonyl (C=O) groups is 2. The first kappa shape index (κ1) is 18.0. The fraction of sp³-hybridized carbons (Fsp3) is 0.778. The van der Waals surface area contributed by atoms with Crippen molar-refractivity contribution < 1.29 is 19.1 Å². The minimum atomic E-state index is -0.220. The average molecular weight is 351 g/mol. The quantitative estimate of drug-likeness (QED) is 0.476. The number of nitrogens with one attached hydrogen (secondary N) is 3. The van der Waals surface area contributed by atoms with Gasteiger partial charge in [-0.25, -0.2) is 0 Å². The van der Waals surface area contributed by atoms with Gasteiger partial charge in [0, 0.05) is 17.8 Å². The molecule has 2 unspecified atom stereocenters. The first-order valence-electron chi connectivity index (χ1n) is 9.37. The number of hydrogen-bond donors (Lipinski definition) is 3. The number of ether oxygens (including phenoxy) is 2. The molecule has 7 heteroatoms. The van der Waals surface area contributed by atoms with Gasteiger partial charge in [0.25, 0.3) is 0 Å². The van der Waals surface area contributed by atoms with Gasteiger partial charge in [0.05, 0.1) is 19.1 Å². The molecule has 2 atom stereocenters. The maximum atomic E-state index is 11.9. The molecule has 0 aromatic carbocycles. The molecular weight excluding hydrogens is 322 g/mol. The molecule has 3 rings (SSSR count). The smallest absolute Gasteiger partial charge is 0.308 e. The second-order valence-electron chi connectivity index (χ2n) is 7.51. The van der Waals surface area contributed by atoms with Gasteiger partial charge >= 0.3 is 11.9 Å². The maximum absolute atomic E-state index is 11.9. The summed E-state index contributed by atoms with van der Waals surface area (Å²) in [5.41, 5.74) is 11.9. The lowest BCUT2D eigenvalue weighted by Crippen LogP contribution is -2.32. The van der Waals surface area contributed by atoms with Gasteiger partial charge in [-0.2, -0.15) is 5.53 Å². The van der Waals surface area contributed by atoms with Gasteiger partial charge in [-0.3, -0.25) is 9.59 Å². The zero-order valence-electron chi connectivity index (χ0n) is 15.1. The van der Waals surface area contributed by atoms with Crippen molar-refractivity contribution in [3.8, 4) is 0 Å². The van der Waals surface area contributed by atoms with Crippen molar-refractivity contribution >= 4 is 11.9 Å².